The molecular formula is C17H15BrClNO3. The van der Waals surface area contributed by atoms with Crippen LogP contribution >= 0.6 is 27.5 Å². The molecule has 0 heterocycles. The predicted octanol–water partition coefficient (Wildman–Crippen LogP) is 4.14. The van der Waals surface area contributed by atoms with Crippen molar-refractivity contribution in [2.45, 2.75) is 13.3 Å². The Hall–Kier alpha value is -1.85. The highest BCUT2D eigenvalue weighted by Crippen LogP contribution is 2.23. The molecule has 0 radical (unpaired) electrons. The van der Waals surface area contributed by atoms with Crippen molar-refractivity contribution in [3.05, 3.63) is 63.1 Å². The molecule has 1 N–H and O–H groups in total. The van der Waals surface area contributed by atoms with Gasteiger partial charge >= 0.3 is 5.97 Å². The van der Waals surface area contributed by atoms with E-state index in [0.717, 1.165) is 10.0 Å². The van der Waals surface area contributed by atoms with Gasteiger partial charge in [0.05, 0.1) is 12.1 Å². The van der Waals surface area contributed by atoms with E-state index in [4.69, 9.17) is 16.3 Å². The van der Waals surface area contributed by atoms with Crippen molar-refractivity contribution in [1.82, 2.24) is 0 Å². The van der Waals surface area contributed by atoms with Gasteiger partial charge in [0.15, 0.2) is 6.61 Å². The van der Waals surface area contributed by atoms with Gasteiger partial charge in [0.25, 0.3) is 5.91 Å². The van der Waals surface area contributed by atoms with Crippen molar-refractivity contribution < 1.29 is 14.3 Å². The highest BCUT2D eigenvalue weighted by molar-refractivity contribution is 9.10. The van der Waals surface area contributed by atoms with E-state index in [-0.39, 0.29) is 13.0 Å². The molecule has 0 aromatic heterocycles. The van der Waals surface area contributed by atoms with Crippen LogP contribution in [-0.4, -0.2) is 18.5 Å². The lowest BCUT2D eigenvalue weighted by atomic mass is 10.1. The zero-order valence-corrected chi connectivity index (χ0v) is 14.8. The zero-order chi connectivity index (χ0) is 16.8. The van der Waals surface area contributed by atoms with E-state index in [1.165, 1.54) is 0 Å². The van der Waals surface area contributed by atoms with E-state index in [1.807, 2.05) is 19.1 Å². The summed E-state index contributed by atoms with van der Waals surface area (Å²) in [5.41, 5.74) is 2.37. The SMILES string of the molecule is Cc1ccc(NC(=O)COC(=O)Cc2ccccc2Cl)c(Br)c1. The van der Waals surface area contributed by atoms with Crippen LogP contribution in [0, 0.1) is 6.92 Å². The standard InChI is InChI=1S/C17H15BrClNO3/c1-11-6-7-15(13(18)8-11)20-16(21)10-23-17(22)9-12-4-2-3-5-14(12)19/h2-8H,9-10H2,1H3,(H,20,21). The van der Waals surface area contributed by atoms with E-state index in [1.54, 1.807) is 30.3 Å². The maximum Gasteiger partial charge on any atom is 0.310 e. The quantitative estimate of drug-likeness (QED) is 0.773. The fraction of sp³-hybridized carbons (Fsp3) is 0.176. The van der Waals surface area contributed by atoms with Crippen molar-refractivity contribution in [3.63, 3.8) is 0 Å². The first kappa shape index (κ1) is 17.5. The number of carbonyl (C=O) groups is 2. The van der Waals surface area contributed by atoms with Gasteiger partial charge in [-0.05, 0) is 52.2 Å². The second kappa shape index (κ2) is 8.13. The van der Waals surface area contributed by atoms with E-state index >= 15 is 0 Å². The Morgan fingerprint density at radius 2 is 1.96 bits per heavy atom. The molecule has 2 aromatic carbocycles. The fourth-order valence-corrected chi connectivity index (χ4v) is 2.70. The van der Waals surface area contributed by atoms with Crippen LogP contribution in [0.3, 0.4) is 0 Å². The third-order valence-corrected chi connectivity index (χ3v) is 4.08. The summed E-state index contributed by atoms with van der Waals surface area (Å²) in [6, 6.07) is 12.6. The molecule has 23 heavy (non-hydrogen) atoms. The maximum atomic E-state index is 11.8. The fourth-order valence-electron chi connectivity index (χ4n) is 1.90. The van der Waals surface area contributed by atoms with Gasteiger partial charge in [0, 0.05) is 9.50 Å². The summed E-state index contributed by atoms with van der Waals surface area (Å²) in [6.07, 6.45) is 0.0289. The number of benzene rings is 2. The Morgan fingerprint density at radius 1 is 1.22 bits per heavy atom. The smallest absolute Gasteiger partial charge is 0.310 e. The Kier molecular flexibility index (Phi) is 6.19. The third kappa shape index (κ3) is 5.37. The van der Waals surface area contributed by atoms with Crippen LogP contribution in [0.5, 0.6) is 0 Å². The molecule has 0 saturated carbocycles. The number of halogens is 2. The van der Waals surface area contributed by atoms with Crippen LogP contribution < -0.4 is 5.32 Å². The van der Waals surface area contributed by atoms with E-state index in [0.29, 0.717) is 16.3 Å². The molecule has 2 rings (SSSR count). The van der Waals surface area contributed by atoms with Crippen LogP contribution in [0.4, 0.5) is 5.69 Å². The zero-order valence-electron chi connectivity index (χ0n) is 12.4. The molecule has 4 nitrogen and oxygen atoms in total. The van der Waals surface area contributed by atoms with E-state index in [2.05, 4.69) is 21.2 Å². The molecule has 2 aromatic rings. The Balaban J connectivity index is 1.84. The minimum absolute atomic E-state index is 0.0289. The topological polar surface area (TPSA) is 55.4 Å². The highest BCUT2D eigenvalue weighted by Gasteiger charge is 2.11. The first-order valence-corrected chi connectivity index (χ1v) is 8.08. The molecular weight excluding hydrogens is 382 g/mol. The molecule has 120 valence electrons. The molecule has 0 saturated heterocycles. The number of aryl methyl sites for hydroxylation is 1. The van der Waals surface area contributed by atoms with Crippen LogP contribution in [0.25, 0.3) is 0 Å². The Labute approximate surface area is 147 Å². The second-order valence-electron chi connectivity index (χ2n) is 4.96. The van der Waals surface area contributed by atoms with Gasteiger partial charge < -0.3 is 10.1 Å². The molecule has 0 bridgehead atoms. The molecule has 0 unspecified atom stereocenters. The highest BCUT2D eigenvalue weighted by atomic mass is 79.9. The summed E-state index contributed by atoms with van der Waals surface area (Å²) in [4.78, 5) is 23.6. The molecule has 0 aliphatic rings. The molecule has 0 fully saturated rings. The molecule has 0 aliphatic carbocycles. The lowest BCUT2D eigenvalue weighted by Gasteiger charge is -2.09. The number of hydrogen-bond donors (Lipinski definition) is 1. The average molecular weight is 397 g/mol. The first-order chi connectivity index (χ1) is 11.0. The first-order valence-electron chi connectivity index (χ1n) is 6.91. The normalized spacial score (nSPS) is 10.2. The van der Waals surface area contributed by atoms with Crippen LogP contribution in [0.2, 0.25) is 5.02 Å². The predicted molar refractivity (Wildman–Crippen MR) is 93.6 cm³/mol. The largest absolute Gasteiger partial charge is 0.455 e. The van der Waals surface area contributed by atoms with Crippen LogP contribution in [-0.2, 0) is 20.7 Å². The van der Waals surface area contributed by atoms with Gasteiger partial charge in [-0.2, -0.15) is 0 Å². The lowest BCUT2D eigenvalue weighted by molar-refractivity contribution is -0.146. The molecule has 6 heteroatoms. The van der Waals surface area contributed by atoms with E-state index < -0.39 is 11.9 Å². The number of ether oxygens (including phenoxy) is 1. The van der Waals surface area contributed by atoms with Crippen molar-refractivity contribution in [2.24, 2.45) is 0 Å². The molecule has 0 aliphatic heterocycles. The average Bonchev–Trinajstić information content (AvgIpc) is 2.50. The summed E-state index contributed by atoms with van der Waals surface area (Å²) in [6.45, 7) is 1.61. The minimum atomic E-state index is -0.503. The maximum absolute atomic E-state index is 11.8. The van der Waals surface area contributed by atoms with Crippen molar-refractivity contribution in [1.29, 1.82) is 0 Å². The summed E-state index contributed by atoms with van der Waals surface area (Å²) in [5, 5.41) is 3.18. The number of carbonyl (C=O) groups excluding carboxylic acids is 2. The number of rotatable bonds is 5. The van der Waals surface area contributed by atoms with Crippen molar-refractivity contribution in [3.8, 4) is 0 Å². The second-order valence-corrected chi connectivity index (χ2v) is 6.22. The van der Waals surface area contributed by atoms with Gasteiger partial charge in [0.2, 0.25) is 0 Å². The summed E-state index contributed by atoms with van der Waals surface area (Å²) in [5.74, 6) is -0.904. The molecule has 0 spiro atoms. The van der Waals surface area contributed by atoms with Gasteiger partial charge in [-0.15, -0.1) is 0 Å². The van der Waals surface area contributed by atoms with Crippen LogP contribution in [0.15, 0.2) is 46.9 Å². The van der Waals surface area contributed by atoms with Gasteiger partial charge in [-0.25, -0.2) is 0 Å². The third-order valence-electron chi connectivity index (χ3n) is 3.06. The Morgan fingerprint density at radius 3 is 2.65 bits per heavy atom. The van der Waals surface area contributed by atoms with Gasteiger partial charge in [-0.3, -0.25) is 9.59 Å². The lowest BCUT2D eigenvalue weighted by Crippen LogP contribution is -2.21. The summed E-state index contributed by atoms with van der Waals surface area (Å²) in [7, 11) is 0. The van der Waals surface area contributed by atoms with Gasteiger partial charge in [-0.1, -0.05) is 35.9 Å². The summed E-state index contributed by atoms with van der Waals surface area (Å²) < 4.78 is 5.75. The summed E-state index contributed by atoms with van der Waals surface area (Å²) >= 11 is 9.35. The number of amides is 1. The minimum Gasteiger partial charge on any atom is -0.455 e. The number of esters is 1. The van der Waals surface area contributed by atoms with Crippen LogP contribution in [0.1, 0.15) is 11.1 Å². The van der Waals surface area contributed by atoms with E-state index in [9.17, 15) is 9.59 Å². The number of anilines is 1. The monoisotopic (exact) mass is 395 g/mol. The number of hydrogen-bond acceptors (Lipinski definition) is 3. The Bertz CT molecular complexity index is 734. The van der Waals surface area contributed by atoms with Gasteiger partial charge in [0.1, 0.15) is 0 Å². The molecule has 1 amide bonds. The molecule has 0 atom stereocenters. The van der Waals surface area contributed by atoms with Crippen molar-refractivity contribution >= 4 is 45.1 Å². The number of nitrogens with one attached hydrogen (secondary N) is 1. The van der Waals surface area contributed by atoms with Crippen molar-refractivity contribution in [2.75, 3.05) is 11.9 Å².